The average Bonchev–Trinajstić information content (AvgIpc) is 2.29. The van der Waals surface area contributed by atoms with Crippen LogP contribution in [0.25, 0.3) is 11.1 Å². The Labute approximate surface area is 109 Å². The zero-order valence-corrected chi connectivity index (χ0v) is 10.5. The fourth-order valence-electron chi connectivity index (χ4n) is 1.60. The molecule has 4 heteroatoms. The Morgan fingerprint density at radius 2 is 1.82 bits per heavy atom. The summed E-state index contributed by atoms with van der Waals surface area (Å²) in [6.07, 6.45) is 0. The highest BCUT2D eigenvalue weighted by Gasteiger charge is 2.11. The van der Waals surface area contributed by atoms with E-state index in [-0.39, 0.29) is 5.15 Å². The van der Waals surface area contributed by atoms with Gasteiger partial charge < -0.3 is 0 Å². The molecule has 0 N–H and O–H groups in total. The highest BCUT2D eigenvalue weighted by Crippen LogP contribution is 2.29. The van der Waals surface area contributed by atoms with Crippen LogP contribution >= 0.6 is 23.2 Å². The monoisotopic (exact) mass is 262 g/mol. The number of nitrogens with zero attached hydrogens (tertiary/aromatic N) is 2. The maximum atomic E-state index is 9.11. The van der Waals surface area contributed by atoms with Gasteiger partial charge in [-0.25, -0.2) is 4.98 Å². The van der Waals surface area contributed by atoms with E-state index in [0.29, 0.717) is 10.6 Å². The van der Waals surface area contributed by atoms with Gasteiger partial charge in [-0.05, 0) is 30.7 Å². The first kappa shape index (κ1) is 11.9. The minimum Gasteiger partial charge on any atom is -0.240 e. The number of hydrogen-bond acceptors (Lipinski definition) is 2. The Bertz CT molecular complexity index is 598. The minimum absolute atomic E-state index is 0.234. The molecule has 2 aromatic rings. The van der Waals surface area contributed by atoms with Crippen molar-refractivity contribution in [2.75, 3.05) is 0 Å². The van der Waals surface area contributed by atoms with E-state index in [1.165, 1.54) is 0 Å². The first-order valence-corrected chi connectivity index (χ1v) is 5.70. The normalized spacial score (nSPS) is 10.0. The zero-order valence-electron chi connectivity index (χ0n) is 9.04. The first-order chi connectivity index (χ1) is 8.11. The molecule has 0 unspecified atom stereocenters. The molecule has 0 amide bonds. The topological polar surface area (TPSA) is 36.7 Å². The highest BCUT2D eigenvalue weighted by atomic mass is 35.5. The van der Waals surface area contributed by atoms with E-state index in [4.69, 9.17) is 28.5 Å². The smallest absolute Gasteiger partial charge is 0.147 e. The first-order valence-electron chi connectivity index (χ1n) is 4.95. The zero-order chi connectivity index (χ0) is 12.4. The number of aromatic nitrogens is 1. The SMILES string of the molecule is Cc1cc(-c2ccc(Cl)cc2)c(C#N)c(Cl)n1. The molecule has 0 atom stereocenters. The molecule has 1 aromatic heterocycles. The lowest BCUT2D eigenvalue weighted by atomic mass is 10.0. The van der Waals surface area contributed by atoms with Crippen LogP contribution in [0.1, 0.15) is 11.3 Å². The fraction of sp³-hybridized carbons (Fsp3) is 0.0769. The molecule has 0 aliphatic rings. The van der Waals surface area contributed by atoms with Crippen molar-refractivity contribution in [3.05, 3.63) is 51.8 Å². The molecule has 0 radical (unpaired) electrons. The molecule has 84 valence electrons. The van der Waals surface area contributed by atoms with Crippen molar-refractivity contribution in [2.45, 2.75) is 6.92 Å². The van der Waals surface area contributed by atoms with Crippen molar-refractivity contribution in [2.24, 2.45) is 0 Å². The molecular weight excluding hydrogens is 255 g/mol. The van der Waals surface area contributed by atoms with Crippen LogP contribution in [0.2, 0.25) is 10.2 Å². The second kappa shape index (κ2) is 4.75. The Hall–Kier alpha value is -1.56. The predicted molar refractivity (Wildman–Crippen MR) is 69.1 cm³/mol. The van der Waals surface area contributed by atoms with Crippen LogP contribution in [-0.2, 0) is 0 Å². The molecule has 0 fully saturated rings. The van der Waals surface area contributed by atoms with Gasteiger partial charge in [0.05, 0.1) is 5.56 Å². The van der Waals surface area contributed by atoms with E-state index < -0.39 is 0 Å². The van der Waals surface area contributed by atoms with Crippen LogP contribution in [0.5, 0.6) is 0 Å². The quantitative estimate of drug-likeness (QED) is 0.721. The average molecular weight is 263 g/mol. The highest BCUT2D eigenvalue weighted by molar-refractivity contribution is 6.31. The van der Waals surface area contributed by atoms with Crippen LogP contribution in [0, 0.1) is 18.3 Å². The lowest BCUT2D eigenvalue weighted by Gasteiger charge is -2.07. The molecule has 0 spiro atoms. The summed E-state index contributed by atoms with van der Waals surface area (Å²) in [5.74, 6) is 0. The van der Waals surface area contributed by atoms with Gasteiger partial charge >= 0.3 is 0 Å². The van der Waals surface area contributed by atoms with Gasteiger partial charge in [-0.3, -0.25) is 0 Å². The Morgan fingerprint density at radius 1 is 1.18 bits per heavy atom. The Kier molecular flexibility index (Phi) is 3.33. The van der Waals surface area contributed by atoms with E-state index in [9.17, 15) is 0 Å². The number of aryl methyl sites for hydroxylation is 1. The Balaban J connectivity index is 2.66. The van der Waals surface area contributed by atoms with Gasteiger partial charge in [0.2, 0.25) is 0 Å². The molecular formula is C13H8Cl2N2. The van der Waals surface area contributed by atoms with Gasteiger partial charge in [0.1, 0.15) is 11.2 Å². The van der Waals surface area contributed by atoms with Crippen molar-refractivity contribution in [3.8, 4) is 17.2 Å². The Morgan fingerprint density at radius 3 is 2.41 bits per heavy atom. The van der Waals surface area contributed by atoms with Gasteiger partial charge in [-0.2, -0.15) is 5.26 Å². The molecule has 17 heavy (non-hydrogen) atoms. The molecule has 1 heterocycles. The van der Waals surface area contributed by atoms with Gasteiger partial charge in [0, 0.05) is 16.3 Å². The summed E-state index contributed by atoms with van der Waals surface area (Å²) in [4.78, 5) is 4.06. The largest absolute Gasteiger partial charge is 0.240 e. The standard InChI is InChI=1S/C13H8Cl2N2/c1-8-6-11(12(7-16)13(15)17-8)9-2-4-10(14)5-3-9/h2-6H,1H3. The summed E-state index contributed by atoms with van der Waals surface area (Å²) in [7, 11) is 0. The number of hydrogen-bond donors (Lipinski definition) is 0. The van der Waals surface area contributed by atoms with Crippen molar-refractivity contribution in [1.82, 2.24) is 4.98 Å². The van der Waals surface area contributed by atoms with Gasteiger partial charge in [-0.1, -0.05) is 35.3 Å². The van der Waals surface area contributed by atoms with Crippen LogP contribution in [0.15, 0.2) is 30.3 Å². The van der Waals surface area contributed by atoms with E-state index in [1.807, 2.05) is 25.1 Å². The fourth-order valence-corrected chi connectivity index (χ4v) is 2.00. The van der Waals surface area contributed by atoms with Crippen LogP contribution in [0.4, 0.5) is 0 Å². The van der Waals surface area contributed by atoms with Crippen LogP contribution in [0.3, 0.4) is 0 Å². The molecule has 0 saturated heterocycles. The molecule has 1 aromatic carbocycles. The van der Waals surface area contributed by atoms with E-state index in [2.05, 4.69) is 11.1 Å². The van der Waals surface area contributed by atoms with Crippen molar-refractivity contribution in [1.29, 1.82) is 5.26 Å². The predicted octanol–water partition coefficient (Wildman–Crippen LogP) is 4.24. The number of nitriles is 1. The molecule has 0 aliphatic heterocycles. The maximum absolute atomic E-state index is 9.11. The van der Waals surface area contributed by atoms with Crippen molar-refractivity contribution >= 4 is 23.2 Å². The third kappa shape index (κ3) is 2.41. The number of benzene rings is 1. The number of pyridine rings is 1. The van der Waals surface area contributed by atoms with Crippen LogP contribution < -0.4 is 0 Å². The van der Waals surface area contributed by atoms with Gasteiger partial charge in [-0.15, -0.1) is 0 Å². The maximum Gasteiger partial charge on any atom is 0.147 e. The van der Waals surface area contributed by atoms with Gasteiger partial charge in [0.15, 0.2) is 0 Å². The third-order valence-electron chi connectivity index (χ3n) is 2.37. The molecule has 0 bridgehead atoms. The molecule has 0 aliphatic carbocycles. The van der Waals surface area contributed by atoms with E-state index in [1.54, 1.807) is 12.1 Å². The second-order valence-corrected chi connectivity index (χ2v) is 4.39. The lowest BCUT2D eigenvalue weighted by Crippen LogP contribution is -1.92. The van der Waals surface area contributed by atoms with Crippen molar-refractivity contribution in [3.63, 3.8) is 0 Å². The summed E-state index contributed by atoms with van der Waals surface area (Å²) >= 11 is 11.8. The van der Waals surface area contributed by atoms with Crippen molar-refractivity contribution < 1.29 is 0 Å². The summed E-state index contributed by atoms with van der Waals surface area (Å²) in [6, 6.07) is 11.2. The van der Waals surface area contributed by atoms with E-state index >= 15 is 0 Å². The number of rotatable bonds is 1. The molecule has 2 nitrogen and oxygen atoms in total. The third-order valence-corrected chi connectivity index (χ3v) is 2.90. The lowest BCUT2D eigenvalue weighted by molar-refractivity contribution is 1.19. The molecule has 2 rings (SSSR count). The summed E-state index contributed by atoms with van der Waals surface area (Å²) < 4.78 is 0. The van der Waals surface area contributed by atoms with Crippen LogP contribution in [-0.4, -0.2) is 4.98 Å². The van der Waals surface area contributed by atoms with Gasteiger partial charge in [0.25, 0.3) is 0 Å². The minimum atomic E-state index is 0.234. The number of halogens is 2. The molecule has 0 saturated carbocycles. The second-order valence-electron chi connectivity index (χ2n) is 3.60. The summed E-state index contributed by atoms with van der Waals surface area (Å²) in [5, 5.41) is 10.00. The summed E-state index contributed by atoms with van der Waals surface area (Å²) in [5.41, 5.74) is 2.85. The summed E-state index contributed by atoms with van der Waals surface area (Å²) in [6.45, 7) is 1.84. The van der Waals surface area contributed by atoms with E-state index in [0.717, 1.165) is 16.8 Å².